The van der Waals surface area contributed by atoms with Crippen LogP contribution >= 0.6 is 0 Å². The van der Waals surface area contributed by atoms with Gasteiger partial charge in [-0.1, -0.05) is 57.2 Å². The third kappa shape index (κ3) is 13.4. The predicted molar refractivity (Wildman–Crippen MR) is 136 cm³/mol. The SMILES string of the molecule is C=Cc1cccc(CC2CC(CC)C2)c1.CC(=O)c1ccnc(C(F)(F)F)c1.CCC(C)(F)F.O.O.[HH]. The van der Waals surface area contributed by atoms with Crippen LogP contribution in [0.1, 0.15) is 82.0 Å². The molecule has 0 aliphatic heterocycles. The van der Waals surface area contributed by atoms with Crippen molar-refractivity contribution in [3.63, 3.8) is 0 Å². The number of hydrogen-bond acceptors (Lipinski definition) is 2. The first-order chi connectivity index (χ1) is 15.8. The minimum Gasteiger partial charge on any atom is -0.412 e. The van der Waals surface area contributed by atoms with E-state index >= 15 is 0 Å². The van der Waals surface area contributed by atoms with Gasteiger partial charge in [0.2, 0.25) is 5.92 Å². The van der Waals surface area contributed by atoms with Gasteiger partial charge in [0.15, 0.2) is 5.78 Å². The lowest BCUT2D eigenvalue weighted by Crippen LogP contribution is -2.24. The number of ketones is 1. The summed E-state index contributed by atoms with van der Waals surface area (Å²) in [5.74, 6) is -0.916. The molecular formula is C27H40F5NO3. The summed E-state index contributed by atoms with van der Waals surface area (Å²) in [5, 5.41) is 0. The number of carbonyl (C=O) groups is 1. The molecule has 0 bridgehead atoms. The zero-order valence-electron chi connectivity index (χ0n) is 21.3. The molecule has 0 spiro atoms. The first-order valence-corrected chi connectivity index (χ1v) is 11.4. The Kier molecular flexibility index (Phi) is 15.9. The molecule has 2 aromatic rings. The fourth-order valence-corrected chi connectivity index (χ4v) is 3.36. The average Bonchev–Trinajstić information content (AvgIpc) is 2.76. The molecule has 1 aromatic heterocycles. The molecule has 206 valence electrons. The van der Waals surface area contributed by atoms with Gasteiger partial charge in [0.25, 0.3) is 0 Å². The molecule has 0 amide bonds. The molecule has 1 aliphatic carbocycles. The molecular weight excluding hydrogens is 481 g/mol. The number of aromatic nitrogens is 1. The number of carbonyl (C=O) groups excluding carboxylic acids is 1. The van der Waals surface area contributed by atoms with Crippen molar-refractivity contribution in [2.45, 2.75) is 71.9 Å². The van der Waals surface area contributed by atoms with Crippen LogP contribution in [0.15, 0.2) is 49.2 Å². The highest BCUT2D eigenvalue weighted by Gasteiger charge is 2.32. The van der Waals surface area contributed by atoms with Crippen molar-refractivity contribution in [3.05, 3.63) is 71.6 Å². The van der Waals surface area contributed by atoms with Gasteiger partial charge in [-0.3, -0.25) is 9.78 Å². The van der Waals surface area contributed by atoms with Gasteiger partial charge < -0.3 is 11.0 Å². The quantitative estimate of drug-likeness (QED) is 0.296. The van der Waals surface area contributed by atoms with E-state index in [2.05, 4.69) is 42.8 Å². The number of benzene rings is 1. The molecule has 1 fully saturated rings. The number of halogens is 5. The molecule has 3 rings (SSSR count). The lowest BCUT2D eigenvalue weighted by atomic mass is 9.71. The second kappa shape index (κ2) is 16.2. The number of nitrogens with zero attached hydrogens (tertiary/aromatic N) is 1. The minimum atomic E-state index is -4.49. The highest BCUT2D eigenvalue weighted by atomic mass is 19.4. The average molecular weight is 522 g/mol. The van der Waals surface area contributed by atoms with Crippen molar-refractivity contribution in [2.75, 3.05) is 0 Å². The molecule has 0 saturated heterocycles. The van der Waals surface area contributed by atoms with Gasteiger partial charge in [0, 0.05) is 19.6 Å². The van der Waals surface area contributed by atoms with E-state index in [0.29, 0.717) is 0 Å². The van der Waals surface area contributed by atoms with Crippen molar-refractivity contribution in [1.29, 1.82) is 0 Å². The third-order valence-corrected chi connectivity index (χ3v) is 5.70. The van der Waals surface area contributed by atoms with E-state index in [1.165, 1.54) is 56.7 Å². The van der Waals surface area contributed by atoms with Crippen LogP contribution in [0, 0.1) is 11.8 Å². The number of hydrogen-bond donors (Lipinski definition) is 0. The topological polar surface area (TPSA) is 93.0 Å². The van der Waals surface area contributed by atoms with E-state index in [1.807, 2.05) is 6.08 Å². The largest absolute Gasteiger partial charge is 0.433 e. The Balaban J connectivity index is -0.000000486. The monoisotopic (exact) mass is 521 g/mol. The first kappa shape index (κ1) is 35.5. The van der Waals surface area contributed by atoms with Crippen molar-refractivity contribution < 1.29 is 39.1 Å². The smallest absolute Gasteiger partial charge is 0.412 e. The first-order valence-electron chi connectivity index (χ1n) is 11.4. The summed E-state index contributed by atoms with van der Waals surface area (Å²) in [4.78, 5) is 13.8. The second-order valence-corrected chi connectivity index (χ2v) is 8.67. The second-order valence-electron chi connectivity index (χ2n) is 8.67. The standard InChI is InChI=1S/C15H20.C8H6F3NO.C4H8F2.2H2O.H2/c1-3-12-6-5-7-14(8-12)11-15-9-13(4-2)10-15;1-5(13)6-2-3-12-7(4-6)8(9,10)11;1-3-4(2,5)6;;;/h3,5-8,13,15H,1,4,9-11H2,2H3;2-4H,1H3;3H2,1-2H3;2*1H2;1H. The molecule has 4 nitrogen and oxygen atoms in total. The maximum absolute atomic E-state index is 12.1. The van der Waals surface area contributed by atoms with Gasteiger partial charge >= 0.3 is 6.18 Å². The van der Waals surface area contributed by atoms with Crippen LogP contribution in [0.3, 0.4) is 0 Å². The molecule has 36 heavy (non-hydrogen) atoms. The van der Waals surface area contributed by atoms with E-state index in [4.69, 9.17) is 0 Å². The van der Waals surface area contributed by atoms with Crippen molar-refractivity contribution in [2.24, 2.45) is 11.8 Å². The van der Waals surface area contributed by atoms with Gasteiger partial charge in [0.05, 0.1) is 0 Å². The van der Waals surface area contributed by atoms with Crippen LogP contribution in [-0.2, 0) is 12.6 Å². The minimum absolute atomic E-state index is 0. The van der Waals surface area contributed by atoms with E-state index in [1.54, 1.807) is 0 Å². The van der Waals surface area contributed by atoms with E-state index in [-0.39, 0.29) is 24.4 Å². The van der Waals surface area contributed by atoms with Crippen molar-refractivity contribution in [1.82, 2.24) is 4.98 Å². The molecule has 1 aromatic carbocycles. The fraction of sp³-hybridized carbons (Fsp3) is 0.481. The molecule has 0 atom stereocenters. The number of alkyl halides is 5. The Morgan fingerprint density at radius 3 is 2.11 bits per heavy atom. The molecule has 1 saturated carbocycles. The predicted octanol–water partition coefficient (Wildman–Crippen LogP) is 7.26. The highest BCUT2D eigenvalue weighted by molar-refractivity contribution is 5.94. The lowest BCUT2D eigenvalue weighted by molar-refractivity contribution is -0.141. The van der Waals surface area contributed by atoms with Crippen LogP contribution in [0.4, 0.5) is 22.0 Å². The van der Waals surface area contributed by atoms with E-state index in [0.717, 1.165) is 31.0 Å². The molecule has 9 heteroatoms. The molecule has 1 heterocycles. The Bertz CT molecular complexity index is 927. The Morgan fingerprint density at radius 1 is 1.08 bits per heavy atom. The summed E-state index contributed by atoms with van der Waals surface area (Å²) in [6, 6.07) is 10.8. The summed E-state index contributed by atoms with van der Waals surface area (Å²) in [6.45, 7) is 9.69. The third-order valence-electron chi connectivity index (χ3n) is 5.70. The summed E-state index contributed by atoms with van der Waals surface area (Å²) < 4.78 is 59.1. The van der Waals surface area contributed by atoms with Crippen molar-refractivity contribution in [3.8, 4) is 0 Å². The van der Waals surface area contributed by atoms with Gasteiger partial charge in [-0.05, 0) is 68.2 Å². The maximum atomic E-state index is 12.1. The zero-order chi connectivity index (χ0) is 25.9. The Labute approximate surface area is 211 Å². The van der Waals surface area contributed by atoms with E-state index < -0.39 is 23.6 Å². The molecule has 4 N–H and O–H groups in total. The van der Waals surface area contributed by atoms with Crippen molar-refractivity contribution >= 4 is 11.9 Å². The van der Waals surface area contributed by atoms with E-state index in [9.17, 15) is 26.7 Å². The van der Waals surface area contributed by atoms with Crippen LogP contribution in [0.5, 0.6) is 0 Å². The molecule has 0 radical (unpaired) electrons. The fourth-order valence-electron chi connectivity index (χ4n) is 3.36. The summed E-state index contributed by atoms with van der Waals surface area (Å²) in [7, 11) is 0. The van der Waals surface area contributed by atoms with Crippen LogP contribution < -0.4 is 0 Å². The Morgan fingerprint density at radius 2 is 1.67 bits per heavy atom. The highest BCUT2D eigenvalue weighted by Crippen LogP contribution is 2.38. The van der Waals surface area contributed by atoms with Gasteiger partial charge in [-0.15, -0.1) is 0 Å². The van der Waals surface area contributed by atoms with Crippen LogP contribution in [-0.4, -0.2) is 27.6 Å². The zero-order valence-corrected chi connectivity index (χ0v) is 21.3. The van der Waals surface area contributed by atoms with Crippen LogP contribution in [0.25, 0.3) is 6.08 Å². The number of Topliss-reactive ketones (excluding diaryl/α,β-unsaturated/α-hetero) is 1. The summed E-state index contributed by atoms with van der Waals surface area (Å²) >= 11 is 0. The van der Waals surface area contributed by atoms with Crippen LogP contribution in [0.2, 0.25) is 0 Å². The number of rotatable bonds is 6. The lowest BCUT2D eigenvalue weighted by Gasteiger charge is -2.34. The van der Waals surface area contributed by atoms with Gasteiger partial charge in [-0.25, -0.2) is 8.78 Å². The maximum Gasteiger partial charge on any atom is 0.433 e. The normalized spacial score (nSPS) is 16.4. The van der Waals surface area contributed by atoms with Gasteiger partial charge in [0.1, 0.15) is 5.69 Å². The van der Waals surface area contributed by atoms with Gasteiger partial charge in [-0.2, -0.15) is 13.2 Å². The number of pyridine rings is 1. The molecule has 0 unspecified atom stereocenters. The molecule has 1 aliphatic rings. The Hall–Kier alpha value is -2.65. The summed E-state index contributed by atoms with van der Waals surface area (Å²) in [5.41, 5.74) is 1.70. The summed E-state index contributed by atoms with van der Waals surface area (Å²) in [6.07, 6.45) is 3.85.